The van der Waals surface area contributed by atoms with Gasteiger partial charge in [0.1, 0.15) is 10.9 Å². The number of fused-ring (bicyclic) bond motifs is 3. The largest absolute Gasteiger partial charge is 0.463 e. The van der Waals surface area contributed by atoms with Crippen LogP contribution in [0.15, 0.2) is 52.1 Å². The summed E-state index contributed by atoms with van der Waals surface area (Å²) >= 11 is 1.44. The van der Waals surface area contributed by atoms with Crippen LogP contribution in [-0.2, 0) is 11.2 Å². The van der Waals surface area contributed by atoms with E-state index in [0.29, 0.717) is 6.42 Å². The molecule has 0 aliphatic heterocycles. The van der Waals surface area contributed by atoms with Crippen molar-refractivity contribution in [2.75, 3.05) is 5.32 Å². The van der Waals surface area contributed by atoms with E-state index in [0.717, 1.165) is 45.1 Å². The molecule has 7 heteroatoms. The fraction of sp³-hybridized carbons (Fsp3) is 0.286. The molecule has 28 heavy (non-hydrogen) atoms. The number of carbonyl (C=O) groups excluding carboxylic acids is 1. The first-order chi connectivity index (χ1) is 13.6. The standard InChI is InChI=1S/C21H22N4O2S/c1-4-18(20(26)22-14-8-6-13(3)7-9-14)28-21-16-12-17-15(10-11-27-17)25(16)19(5-2)23-24-21/h6-12,18H,4-5H2,1-3H3,(H,22,26). The number of aromatic nitrogens is 3. The fourth-order valence-electron chi connectivity index (χ4n) is 3.19. The molecule has 1 amide bonds. The van der Waals surface area contributed by atoms with E-state index in [1.54, 1.807) is 6.26 Å². The summed E-state index contributed by atoms with van der Waals surface area (Å²) in [4.78, 5) is 12.8. The summed E-state index contributed by atoms with van der Waals surface area (Å²) < 4.78 is 7.63. The summed E-state index contributed by atoms with van der Waals surface area (Å²) in [6.07, 6.45) is 3.12. The lowest BCUT2D eigenvalue weighted by Crippen LogP contribution is -2.24. The van der Waals surface area contributed by atoms with E-state index < -0.39 is 0 Å². The predicted molar refractivity (Wildman–Crippen MR) is 112 cm³/mol. The van der Waals surface area contributed by atoms with Crippen molar-refractivity contribution >= 4 is 40.0 Å². The molecule has 1 N–H and O–H groups in total. The molecule has 4 rings (SSSR count). The maximum atomic E-state index is 12.8. The highest BCUT2D eigenvalue weighted by Gasteiger charge is 2.22. The van der Waals surface area contributed by atoms with E-state index in [1.165, 1.54) is 11.8 Å². The van der Waals surface area contributed by atoms with Crippen LogP contribution in [0.25, 0.3) is 16.6 Å². The van der Waals surface area contributed by atoms with Gasteiger partial charge in [0.05, 0.1) is 22.5 Å². The average Bonchev–Trinajstić information content (AvgIpc) is 3.29. The first kappa shape index (κ1) is 18.6. The summed E-state index contributed by atoms with van der Waals surface area (Å²) in [6, 6.07) is 11.7. The van der Waals surface area contributed by atoms with E-state index >= 15 is 0 Å². The van der Waals surface area contributed by atoms with Crippen molar-refractivity contribution in [3.8, 4) is 0 Å². The van der Waals surface area contributed by atoms with Gasteiger partial charge >= 0.3 is 0 Å². The molecule has 0 spiro atoms. The number of hydrogen-bond donors (Lipinski definition) is 1. The van der Waals surface area contributed by atoms with Crippen molar-refractivity contribution in [3.63, 3.8) is 0 Å². The van der Waals surface area contributed by atoms with Crippen molar-refractivity contribution in [2.24, 2.45) is 0 Å². The molecule has 4 aromatic rings. The van der Waals surface area contributed by atoms with Crippen LogP contribution in [0.2, 0.25) is 0 Å². The van der Waals surface area contributed by atoms with Gasteiger partial charge in [-0.1, -0.05) is 43.3 Å². The lowest BCUT2D eigenvalue weighted by atomic mass is 10.2. The summed E-state index contributed by atoms with van der Waals surface area (Å²) in [5.74, 6) is 0.832. The first-order valence-electron chi connectivity index (χ1n) is 9.39. The van der Waals surface area contributed by atoms with Gasteiger partial charge in [-0.2, -0.15) is 0 Å². The lowest BCUT2D eigenvalue weighted by Gasteiger charge is -2.15. The molecule has 6 nitrogen and oxygen atoms in total. The third-order valence-corrected chi connectivity index (χ3v) is 6.05. The Hall–Kier alpha value is -2.80. The monoisotopic (exact) mass is 394 g/mol. The van der Waals surface area contributed by atoms with Gasteiger partial charge in [0.25, 0.3) is 0 Å². The number of thioether (sulfide) groups is 1. The van der Waals surface area contributed by atoms with Crippen molar-refractivity contribution < 1.29 is 9.21 Å². The number of amides is 1. The maximum absolute atomic E-state index is 12.8. The van der Waals surface area contributed by atoms with Crippen LogP contribution in [0, 0.1) is 6.92 Å². The summed E-state index contributed by atoms with van der Waals surface area (Å²) in [6.45, 7) is 6.07. The Morgan fingerprint density at radius 2 is 1.96 bits per heavy atom. The zero-order chi connectivity index (χ0) is 19.7. The van der Waals surface area contributed by atoms with Gasteiger partial charge in [-0.15, -0.1) is 10.2 Å². The third-order valence-electron chi connectivity index (χ3n) is 4.71. The number of nitrogens with one attached hydrogen (secondary N) is 1. The zero-order valence-corrected chi connectivity index (χ0v) is 16.9. The highest BCUT2D eigenvalue weighted by atomic mass is 32.2. The van der Waals surface area contributed by atoms with E-state index in [-0.39, 0.29) is 11.2 Å². The first-order valence-corrected chi connectivity index (χ1v) is 10.3. The Kier molecular flexibility index (Phi) is 5.09. The number of anilines is 1. The second-order valence-corrected chi connectivity index (χ2v) is 7.87. The molecule has 1 unspecified atom stereocenters. The van der Waals surface area contributed by atoms with Crippen molar-refractivity contribution in [2.45, 2.75) is 43.9 Å². The van der Waals surface area contributed by atoms with Gasteiger partial charge in [0.2, 0.25) is 5.91 Å². The van der Waals surface area contributed by atoms with Gasteiger partial charge < -0.3 is 9.73 Å². The predicted octanol–water partition coefficient (Wildman–Crippen LogP) is 4.86. The molecule has 3 heterocycles. The average molecular weight is 395 g/mol. The molecular formula is C21H22N4O2S. The SMILES string of the molecule is CCc1nnc(SC(CC)C(=O)Nc2ccc(C)cc2)c2cc3occc3n12. The highest BCUT2D eigenvalue weighted by Crippen LogP contribution is 2.32. The summed E-state index contributed by atoms with van der Waals surface area (Å²) in [5, 5.41) is 12.3. The molecule has 0 bridgehead atoms. The van der Waals surface area contributed by atoms with Gasteiger partial charge in [-0.3, -0.25) is 9.20 Å². The third kappa shape index (κ3) is 3.38. The molecule has 1 aromatic carbocycles. The van der Waals surface area contributed by atoms with E-state index in [1.807, 2.05) is 57.2 Å². The Labute approximate surface area is 167 Å². The Morgan fingerprint density at radius 3 is 2.68 bits per heavy atom. The van der Waals surface area contributed by atoms with Crippen LogP contribution in [0.1, 0.15) is 31.7 Å². The fourth-order valence-corrected chi connectivity index (χ4v) is 4.15. The highest BCUT2D eigenvalue weighted by molar-refractivity contribution is 8.00. The van der Waals surface area contributed by atoms with Crippen LogP contribution in [0.3, 0.4) is 0 Å². The van der Waals surface area contributed by atoms with Crippen LogP contribution < -0.4 is 5.32 Å². The molecule has 0 aliphatic carbocycles. The summed E-state index contributed by atoms with van der Waals surface area (Å²) in [5.41, 5.74) is 4.65. The van der Waals surface area contributed by atoms with E-state index in [4.69, 9.17) is 4.42 Å². The minimum Gasteiger partial charge on any atom is -0.463 e. The van der Waals surface area contributed by atoms with Crippen LogP contribution in [0.4, 0.5) is 5.69 Å². The molecule has 1 atom stereocenters. The topological polar surface area (TPSA) is 72.4 Å². The Morgan fingerprint density at radius 1 is 1.18 bits per heavy atom. The molecule has 0 saturated carbocycles. The maximum Gasteiger partial charge on any atom is 0.237 e. The Bertz CT molecular complexity index is 1130. The van der Waals surface area contributed by atoms with Gasteiger partial charge in [0.15, 0.2) is 5.58 Å². The molecule has 0 saturated heterocycles. The van der Waals surface area contributed by atoms with Gasteiger partial charge in [-0.05, 0) is 25.5 Å². The second-order valence-electron chi connectivity index (χ2n) is 6.68. The molecule has 3 aromatic heterocycles. The zero-order valence-electron chi connectivity index (χ0n) is 16.1. The van der Waals surface area contributed by atoms with E-state index in [2.05, 4.69) is 19.9 Å². The summed E-state index contributed by atoms with van der Waals surface area (Å²) in [7, 11) is 0. The quantitative estimate of drug-likeness (QED) is 0.473. The Balaban J connectivity index is 1.63. The van der Waals surface area contributed by atoms with Crippen molar-refractivity contribution in [1.29, 1.82) is 0 Å². The molecular weight excluding hydrogens is 372 g/mol. The second kappa shape index (κ2) is 7.67. The molecule has 144 valence electrons. The number of hydrogen-bond acceptors (Lipinski definition) is 5. The lowest BCUT2D eigenvalue weighted by molar-refractivity contribution is -0.115. The normalized spacial score (nSPS) is 12.5. The van der Waals surface area contributed by atoms with Crippen molar-refractivity contribution in [3.05, 3.63) is 54.0 Å². The van der Waals surface area contributed by atoms with Crippen molar-refractivity contribution in [1.82, 2.24) is 14.6 Å². The van der Waals surface area contributed by atoms with Crippen LogP contribution in [0.5, 0.6) is 0 Å². The number of carbonyl (C=O) groups is 1. The number of rotatable bonds is 6. The molecule has 0 fully saturated rings. The number of furan rings is 1. The molecule has 0 aliphatic rings. The van der Waals surface area contributed by atoms with E-state index in [9.17, 15) is 4.79 Å². The van der Waals surface area contributed by atoms with Crippen LogP contribution >= 0.6 is 11.8 Å². The van der Waals surface area contributed by atoms with Crippen LogP contribution in [-0.4, -0.2) is 25.8 Å². The van der Waals surface area contributed by atoms with Gasteiger partial charge in [-0.25, -0.2) is 0 Å². The smallest absolute Gasteiger partial charge is 0.237 e. The number of benzene rings is 1. The number of aryl methyl sites for hydroxylation is 2. The molecule has 0 radical (unpaired) electrons. The minimum atomic E-state index is -0.270. The van der Waals surface area contributed by atoms with Gasteiger partial charge in [0, 0.05) is 24.2 Å². The minimum absolute atomic E-state index is 0.0360. The number of nitrogens with zero attached hydrogens (tertiary/aromatic N) is 3.